The summed E-state index contributed by atoms with van der Waals surface area (Å²) in [5.74, 6) is -0.497. The van der Waals surface area contributed by atoms with Gasteiger partial charge in [0.25, 0.3) is 0 Å². The molecule has 0 aliphatic carbocycles. The normalized spacial score (nSPS) is 15.0. The summed E-state index contributed by atoms with van der Waals surface area (Å²) in [6.07, 6.45) is 0.335. The van der Waals surface area contributed by atoms with E-state index in [0.717, 1.165) is 0 Å². The van der Waals surface area contributed by atoms with Gasteiger partial charge in [-0.1, -0.05) is 17.7 Å². The maximum atomic E-state index is 13.5. The van der Waals surface area contributed by atoms with E-state index in [0.29, 0.717) is 18.1 Å². The Bertz CT molecular complexity index is 339. The SMILES string of the molecule is COCCC(C)(O)c1ccc(Cl)cc1F. The van der Waals surface area contributed by atoms with Crippen LogP contribution in [0.5, 0.6) is 0 Å². The molecule has 4 heteroatoms. The summed E-state index contributed by atoms with van der Waals surface area (Å²) in [5, 5.41) is 10.3. The Labute approximate surface area is 93.6 Å². The smallest absolute Gasteiger partial charge is 0.130 e. The van der Waals surface area contributed by atoms with Crippen LogP contribution in [0.1, 0.15) is 18.9 Å². The highest BCUT2D eigenvalue weighted by molar-refractivity contribution is 6.30. The Morgan fingerprint density at radius 2 is 2.20 bits per heavy atom. The fraction of sp³-hybridized carbons (Fsp3) is 0.455. The lowest BCUT2D eigenvalue weighted by Gasteiger charge is -2.24. The van der Waals surface area contributed by atoms with Gasteiger partial charge in [0.15, 0.2) is 0 Å². The van der Waals surface area contributed by atoms with Crippen LogP contribution < -0.4 is 0 Å². The van der Waals surface area contributed by atoms with E-state index in [1.54, 1.807) is 13.0 Å². The number of hydrogen-bond donors (Lipinski definition) is 1. The molecule has 0 radical (unpaired) electrons. The second-order valence-corrected chi connectivity index (χ2v) is 4.08. The van der Waals surface area contributed by atoms with E-state index >= 15 is 0 Å². The van der Waals surface area contributed by atoms with Crippen molar-refractivity contribution in [2.75, 3.05) is 13.7 Å². The van der Waals surface area contributed by atoms with Crippen molar-refractivity contribution in [2.24, 2.45) is 0 Å². The van der Waals surface area contributed by atoms with Crippen molar-refractivity contribution < 1.29 is 14.2 Å². The van der Waals surface area contributed by atoms with E-state index in [1.165, 1.54) is 19.2 Å². The van der Waals surface area contributed by atoms with Crippen LogP contribution >= 0.6 is 11.6 Å². The fourth-order valence-electron chi connectivity index (χ4n) is 1.36. The van der Waals surface area contributed by atoms with E-state index in [1.807, 2.05) is 0 Å². The highest BCUT2D eigenvalue weighted by Gasteiger charge is 2.26. The molecule has 2 nitrogen and oxygen atoms in total. The number of hydrogen-bond acceptors (Lipinski definition) is 2. The molecule has 1 N–H and O–H groups in total. The second kappa shape index (κ2) is 4.92. The lowest BCUT2D eigenvalue weighted by Crippen LogP contribution is -2.24. The number of methoxy groups -OCH3 is 1. The van der Waals surface area contributed by atoms with Crippen molar-refractivity contribution in [3.8, 4) is 0 Å². The minimum Gasteiger partial charge on any atom is -0.385 e. The van der Waals surface area contributed by atoms with Crippen molar-refractivity contribution >= 4 is 11.6 Å². The zero-order chi connectivity index (χ0) is 11.5. The van der Waals surface area contributed by atoms with Gasteiger partial charge in [0, 0.05) is 30.7 Å². The predicted molar refractivity (Wildman–Crippen MR) is 57.5 cm³/mol. The Balaban J connectivity index is 2.93. The summed E-state index contributed by atoms with van der Waals surface area (Å²) in [7, 11) is 1.54. The summed E-state index contributed by atoms with van der Waals surface area (Å²) in [6.45, 7) is 1.92. The summed E-state index contributed by atoms with van der Waals surface area (Å²) < 4.78 is 18.3. The minimum atomic E-state index is -1.23. The molecule has 0 aliphatic rings. The van der Waals surface area contributed by atoms with Crippen LogP contribution in [-0.2, 0) is 10.3 Å². The highest BCUT2D eigenvalue weighted by Crippen LogP contribution is 2.28. The maximum absolute atomic E-state index is 13.5. The van der Waals surface area contributed by atoms with Crippen molar-refractivity contribution in [1.29, 1.82) is 0 Å². The average molecular weight is 233 g/mol. The van der Waals surface area contributed by atoms with Crippen LogP contribution in [0.25, 0.3) is 0 Å². The molecule has 1 aromatic rings. The molecule has 0 aliphatic heterocycles. The number of rotatable bonds is 4. The zero-order valence-corrected chi connectivity index (χ0v) is 9.51. The number of halogens is 2. The molecule has 0 saturated carbocycles. The molecule has 1 atom stereocenters. The van der Waals surface area contributed by atoms with Crippen molar-refractivity contribution in [3.63, 3.8) is 0 Å². The van der Waals surface area contributed by atoms with Crippen LogP contribution in [-0.4, -0.2) is 18.8 Å². The van der Waals surface area contributed by atoms with E-state index in [-0.39, 0.29) is 5.56 Å². The predicted octanol–water partition coefficient (Wildman–Crippen LogP) is 2.72. The van der Waals surface area contributed by atoms with E-state index in [9.17, 15) is 9.50 Å². The third-order valence-corrected chi connectivity index (χ3v) is 2.54. The Morgan fingerprint density at radius 1 is 1.53 bits per heavy atom. The molecule has 0 aromatic heterocycles. The van der Waals surface area contributed by atoms with Crippen LogP contribution in [0.2, 0.25) is 5.02 Å². The second-order valence-electron chi connectivity index (χ2n) is 3.64. The molecule has 0 bridgehead atoms. The summed E-state index contributed by atoms with van der Waals surface area (Å²) in [5.41, 5.74) is -0.992. The molecule has 1 aromatic carbocycles. The van der Waals surface area contributed by atoms with Gasteiger partial charge in [0.05, 0.1) is 5.60 Å². The van der Waals surface area contributed by atoms with Crippen molar-refractivity contribution in [3.05, 3.63) is 34.6 Å². The fourth-order valence-corrected chi connectivity index (χ4v) is 1.52. The van der Waals surface area contributed by atoms with Gasteiger partial charge in [-0.15, -0.1) is 0 Å². The van der Waals surface area contributed by atoms with Gasteiger partial charge in [-0.25, -0.2) is 4.39 Å². The Morgan fingerprint density at radius 3 is 2.73 bits per heavy atom. The van der Waals surface area contributed by atoms with E-state index in [4.69, 9.17) is 16.3 Å². The van der Waals surface area contributed by atoms with Crippen LogP contribution in [0, 0.1) is 5.82 Å². The quantitative estimate of drug-likeness (QED) is 0.865. The molecule has 0 saturated heterocycles. The lowest BCUT2D eigenvalue weighted by molar-refractivity contribution is 0.0181. The topological polar surface area (TPSA) is 29.5 Å². The van der Waals surface area contributed by atoms with Gasteiger partial charge < -0.3 is 9.84 Å². The molecule has 1 unspecified atom stereocenters. The first kappa shape index (κ1) is 12.4. The summed E-state index contributed by atoms with van der Waals surface area (Å²) >= 11 is 5.63. The molecule has 84 valence electrons. The van der Waals surface area contributed by atoms with Crippen LogP contribution in [0.4, 0.5) is 4.39 Å². The van der Waals surface area contributed by atoms with E-state index in [2.05, 4.69) is 0 Å². The van der Waals surface area contributed by atoms with Crippen LogP contribution in [0.15, 0.2) is 18.2 Å². The molecule has 0 heterocycles. The minimum absolute atomic E-state index is 0.240. The standard InChI is InChI=1S/C11H14ClFO2/c1-11(14,5-6-15-2)9-4-3-8(12)7-10(9)13/h3-4,7,14H,5-6H2,1-2H3. The van der Waals surface area contributed by atoms with Gasteiger partial charge in [-0.3, -0.25) is 0 Å². The largest absolute Gasteiger partial charge is 0.385 e. The highest BCUT2D eigenvalue weighted by atomic mass is 35.5. The monoisotopic (exact) mass is 232 g/mol. The Kier molecular flexibility index (Phi) is 4.08. The molecule has 0 amide bonds. The van der Waals surface area contributed by atoms with Crippen molar-refractivity contribution in [1.82, 2.24) is 0 Å². The molecule has 15 heavy (non-hydrogen) atoms. The Hall–Kier alpha value is -0.640. The molecule has 0 fully saturated rings. The van der Waals surface area contributed by atoms with Crippen molar-refractivity contribution in [2.45, 2.75) is 18.9 Å². The van der Waals surface area contributed by atoms with Crippen LogP contribution in [0.3, 0.4) is 0 Å². The molecule has 0 spiro atoms. The van der Waals surface area contributed by atoms with Gasteiger partial charge in [0.1, 0.15) is 5.82 Å². The first-order valence-electron chi connectivity index (χ1n) is 4.64. The van der Waals surface area contributed by atoms with Gasteiger partial charge >= 0.3 is 0 Å². The molecular formula is C11H14ClFO2. The summed E-state index contributed by atoms with van der Waals surface area (Å²) in [4.78, 5) is 0. The first-order valence-corrected chi connectivity index (χ1v) is 5.02. The third-order valence-electron chi connectivity index (χ3n) is 2.30. The maximum Gasteiger partial charge on any atom is 0.130 e. The van der Waals surface area contributed by atoms with Gasteiger partial charge in [-0.05, 0) is 19.1 Å². The van der Waals surface area contributed by atoms with Gasteiger partial charge in [-0.2, -0.15) is 0 Å². The average Bonchev–Trinajstić information content (AvgIpc) is 2.14. The molecule has 1 rings (SSSR count). The lowest BCUT2D eigenvalue weighted by atomic mass is 9.92. The molecular weight excluding hydrogens is 219 g/mol. The summed E-state index contributed by atoms with van der Waals surface area (Å²) in [6, 6.07) is 4.24. The number of benzene rings is 1. The third kappa shape index (κ3) is 3.16. The van der Waals surface area contributed by atoms with E-state index < -0.39 is 11.4 Å². The van der Waals surface area contributed by atoms with Gasteiger partial charge in [0.2, 0.25) is 0 Å². The zero-order valence-electron chi connectivity index (χ0n) is 8.76. The number of aliphatic hydroxyl groups is 1. The first-order chi connectivity index (χ1) is 6.97. The number of ether oxygens (including phenoxy) is 1.